The van der Waals surface area contributed by atoms with Crippen molar-refractivity contribution < 1.29 is 4.79 Å². The van der Waals surface area contributed by atoms with E-state index in [1.807, 2.05) is 30.3 Å². The summed E-state index contributed by atoms with van der Waals surface area (Å²) in [6.45, 7) is 1.76. The smallest absolute Gasteiger partial charge is 0.251 e. The molecule has 0 bridgehead atoms. The molecule has 1 unspecified atom stereocenters. The molecule has 1 fully saturated rings. The molecule has 1 saturated heterocycles. The summed E-state index contributed by atoms with van der Waals surface area (Å²) < 4.78 is 0. The van der Waals surface area contributed by atoms with Crippen LogP contribution in [-0.4, -0.2) is 30.0 Å². The number of hydrogen-bond acceptors (Lipinski definition) is 3. The van der Waals surface area contributed by atoms with E-state index < -0.39 is 0 Å². The summed E-state index contributed by atoms with van der Waals surface area (Å²) in [6.07, 6.45) is 4.10. The monoisotopic (exact) mass is 327 g/mol. The van der Waals surface area contributed by atoms with E-state index in [1.54, 1.807) is 6.20 Å². The predicted octanol–water partition coefficient (Wildman–Crippen LogP) is 2.56. The van der Waals surface area contributed by atoms with Gasteiger partial charge in [-0.15, -0.1) is 24.8 Å². The van der Waals surface area contributed by atoms with Gasteiger partial charge in [-0.3, -0.25) is 9.78 Å². The van der Waals surface area contributed by atoms with Crippen molar-refractivity contribution in [2.75, 3.05) is 13.1 Å². The molecule has 1 aliphatic heterocycles. The Balaban J connectivity index is 0.00000110. The van der Waals surface area contributed by atoms with E-state index in [2.05, 4.69) is 15.6 Å². The normalized spacial score (nSPS) is 16.9. The lowest BCUT2D eigenvalue weighted by Crippen LogP contribution is -2.37. The van der Waals surface area contributed by atoms with Gasteiger partial charge in [-0.25, -0.2) is 0 Å². The summed E-state index contributed by atoms with van der Waals surface area (Å²) in [6, 6.07) is 9.88. The van der Waals surface area contributed by atoms with Crippen LogP contribution in [0.4, 0.5) is 0 Å². The minimum Gasteiger partial charge on any atom is -0.350 e. The molecule has 2 N–H and O–H groups in total. The quantitative estimate of drug-likeness (QED) is 0.910. The fraction of sp³-hybridized carbons (Fsp3) is 0.333. The number of fused-ring (bicyclic) bond motifs is 1. The molecule has 0 radical (unpaired) electrons. The third-order valence-electron chi connectivity index (χ3n) is 3.54. The third-order valence-corrected chi connectivity index (χ3v) is 3.54. The Kier molecular flexibility index (Phi) is 6.89. The van der Waals surface area contributed by atoms with Gasteiger partial charge in [-0.05, 0) is 43.7 Å². The molecule has 1 aromatic heterocycles. The van der Waals surface area contributed by atoms with E-state index in [0.29, 0.717) is 18.2 Å². The van der Waals surface area contributed by atoms with Crippen LogP contribution in [0.5, 0.6) is 0 Å². The molecular weight excluding hydrogens is 309 g/mol. The average Bonchev–Trinajstić information content (AvgIpc) is 2.97. The summed E-state index contributed by atoms with van der Waals surface area (Å²) in [5.41, 5.74) is 1.61. The number of aromatic nitrogens is 1. The van der Waals surface area contributed by atoms with Gasteiger partial charge in [0.25, 0.3) is 5.91 Å². The Bertz CT molecular complexity index is 600. The first-order valence-corrected chi connectivity index (χ1v) is 6.69. The highest BCUT2D eigenvalue weighted by molar-refractivity contribution is 5.97. The van der Waals surface area contributed by atoms with Gasteiger partial charge in [0.2, 0.25) is 0 Å². The first-order valence-electron chi connectivity index (χ1n) is 6.69. The molecule has 3 rings (SSSR count). The minimum atomic E-state index is -0.0144. The predicted molar refractivity (Wildman–Crippen MR) is 89.6 cm³/mol. The third kappa shape index (κ3) is 4.30. The SMILES string of the molecule is Cl.Cl.O=C(NCC1CCCN1)c1ccc2ncccc2c1. The topological polar surface area (TPSA) is 54.0 Å². The van der Waals surface area contributed by atoms with Crippen LogP contribution in [0.2, 0.25) is 0 Å². The number of carbonyl (C=O) groups excluding carboxylic acids is 1. The molecule has 1 atom stereocenters. The number of nitrogens with one attached hydrogen (secondary N) is 2. The summed E-state index contributed by atoms with van der Waals surface area (Å²) in [5.74, 6) is -0.0144. The number of rotatable bonds is 3. The van der Waals surface area contributed by atoms with Crippen LogP contribution in [0.3, 0.4) is 0 Å². The second-order valence-corrected chi connectivity index (χ2v) is 4.91. The molecule has 114 valence electrons. The number of benzene rings is 1. The Morgan fingerprint density at radius 3 is 2.95 bits per heavy atom. The summed E-state index contributed by atoms with van der Waals surface area (Å²) in [7, 11) is 0. The minimum absolute atomic E-state index is 0. The molecule has 0 aliphatic carbocycles. The van der Waals surface area contributed by atoms with Crippen molar-refractivity contribution in [3.8, 4) is 0 Å². The molecule has 1 aliphatic rings. The highest BCUT2D eigenvalue weighted by atomic mass is 35.5. The Labute approximate surface area is 136 Å². The van der Waals surface area contributed by atoms with Crippen molar-refractivity contribution in [1.82, 2.24) is 15.6 Å². The van der Waals surface area contributed by atoms with E-state index in [4.69, 9.17) is 0 Å². The van der Waals surface area contributed by atoms with Gasteiger partial charge in [0.05, 0.1) is 5.52 Å². The highest BCUT2D eigenvalue weighted by Gasteiger charge is 2.15. The van der Waals surface area contributed by atoms with E-state index in [9.17, 15) is 4.79 Å². The van der Waals surface area contributed by atoms with Gasteiger partial charge in [0.1, 0.15) is 0 Å². The average molecular weight is 328 g/mol. The maximum absolute atomic E-state index is 12.1. The van der Waals surface area contributed by atoms with E-state index in [1.165, 1.54) is 6.42 Å². The zero-order valence-electron chi connectivity index (χ0n) is 11.5. The summed E-state index contributed by atoms with van der Waals surface area (Å²) in [5, 5.41) is 7.35. The summed E-state index contributed by atoms with van der Waals surface area (Å²) in [4.78, 5) is 16.3. The molecular formula is C15H19Cl2N3O. The van der Waals surface area contributed by atoms with Crippen molar-refractivity contribution >= 4 is 41.6 Å². The fourth-order valence-corrected chi connectivity index (χ4v) is 2.47. The van der Waals surface area contributed by atoms with Gasteiger partial charge in [-0.2, -0.15) is 0 Å². The molecule has 21 heavy (non-hydrogen) atoms. The number of amides is 1. The van der Waals surface area contributed by atoms with E-state index >= 15 is 0 Å². The van der Waals surface area contributed by atoms with Gasteiger partial charge in [-0.1, -0.05) is 6.07 Å². The van der Waals surface area contributed by atoms with Crippen molar-refractivity contribution in [3.05, 3.63) is 42.1 Å². The Morgan fingerprint density at radius 2 is 2.19 bits per heavy atom. The van der Waals surface area contributed by atoms with Crippen LogP contribution >= 0.6 is 24.8 Å². The van der Waals surface area contributed by atoms with Crippen LogP contribution in [0.1, 0.15) is 23.2 Å². The van der Waals surface area contributed by atoms with Crippen molar-refractivity contribution in [1.29, 1.82) is 0 Å². The molecule has 2 heterocycles. The Morgan fingerprint density at radius 1 is 1.33 bits per heavy atom. The van der Waals surface area contributed by atoms with Crippen molar-refractivity contribution in [3.63, 3.8) is 0 Å². The van der Waals surface area contributed by atoms with E-state index in [0.717, 1.165) is 23.9 Å². The first kappa shape index (κ1) is 17.7. The fourth-order valence-electron chi connectivity index (χ4n) is 2.47. The number of carbonyl (C=O) groups is 1. The lowest BCUT2D eigenvalue weighted by molar-refractivity contribution is 0.0950. The van der Waals surface area contributed by atoms with Gasteiger partial charge >= 0.3 is 0 Å². The maximum Gasteiger partial charge on any atom is 0.251 e. The van der Waals surface area contributed by atoms with Crippen LogP contribution in [0.25, 0.3) is 10.9 Å². The number of hydrogen-bond donors (Lipinski definition) is 2. The molecule has 4 nitrogen and oxygen atoms in total. The molecule has 2 aromatic rings. The molecule has 0 spiro atoms. The Hall–Kier alpha value is -1.36. The van der Waals surface area contributed by atoms with Crippen LogP contribution in [0, 0.1) is 0 Å². The molecule has 0 saturated carbocycles. The lowest BCUT2D eigenvalue weighted by atomic mass is 10.1. The van der Waals surface area contributed by atoms with Crippen molar-refractivity contribution in [2.24, 2.45) is 0 Å². The molecule has 6 heteroatoms. The second-order valence-electron chi connectivity index (χ2n) is 4.91. The van der Waals surface area contributed by atoms with E-state index in [-0.39, 0.29) is 30.7 Å². The zero-order chi connectivity index (χ0) is 13.1. The van der Waals surface area contributed by atoms with Crippen LogP contribution in [0.15, 0.2) is 36.5 Å². The lowest BCUT2D eigenvalue weighted by Gasteiger charge is -2.11. The largest absolute Gasteiger partial charge is 0.350 e. The molecule has 1 amide bonds. The van der Waals surface area contributed by atoms with Crippen LogP contribution < -0.4 is 10.6 Å². The number of halogens is 2. The highest BCUT2D eigenvalue weighted by Crippen LogP contribution is 2.13. The summed E-state index contributed by atoms with van der Waals surface area (Å²) >= 11 is 0. The molecule has 1 aromatic carbocycles. The standard InChI is InChI=1S/C15H17N3O.2ClH/c19-15(18-10-13-4-2-7-16-13)12-5-6-14-11(9-12)3-1-8-17-14;;/h1,3,5-6,8-9,13,16H,2,4,7,10H2,(H,18,19);2*1H. The number of nitrogens with zero attached hydrogens (tertiary/aromatic N) is 1. The second kappa shape index (κ2) is 8.17. The first-order chi connectivity index (χ1) is 9.33. The number of pyridine rings is 1. The zero-order valence-corrected chi connectivity index (χ0v) is 13.2. The van der Waals surface area contributed by atoms with Crippen LogP contribution in [-0.2, 0) is 0 Å². The van der Waals surface area contributed by atoms with Gasteiger partial charge in [0, 0.05) is 29.7 Å². The van der Waals surface area contributed by atoms with Gasteiger partial charge in [0.15, 0.2) is 0 Å². The van der Waals surface area contributed by atoms with Gasteiger partial charge < -0.3 is 10.6 Å². The van der Waals surface area contributed by atoms with Crippen molar-refractivity contribution in [2.45, 2.75) is 18.9 Å². The maximum atomic E-state index is 12.1.